The minimum atomic E-state index is -0.723. The van der Waals surface area contributed by atoms with Gasteiger partial charge in [0.1, 0.15) is 11.8 Å². The van der Waals surface area contributed by atoms with Crippen molar-refractivity contribution in [2.75, 3.05) is 6.61 Å². The van der Waals surface area contributed by atoms with Gasteiger partial charge in [-0.05, 0) is 67.1 Å². The number of ether oxygens (including phenoxy) is 1. The minimum absolute atomic E-state index is 0.134. The van der Waals surface area contributed by atoms with Crippen molar-refractivity contribution in [2.45, 2.75) is 64.6 Å². The normalized spacial score (nSPS) is 14.2. The van der Waals surface area contributed by atoms with Gasteiger partial charge < -0.3 is 15.0 Å². The summed E-state index contributed by atoms with van der Waals surface area (Å²) in [5.41, 5.74) is 3.49. The monoisotopic (exact) mass is 552 g/mol. The molecule has 5 nitrogen and oxygen atoms in total. The Labute approximate surface area is 235 Å². The maximum Gasteiger partial charge on any atom is 0.261 e. The van der Waals surface area contributed by atoms with Gasteiger partial charge in [0, 0.05) is 29.1 Å². The molecule has 200 valence electrons. The van der Waals surface area contributed by atoms with Crippen LogP contribution in [0.3, 0.4) is 0 Å². The largest absolute Gasteiger partial charge is 0.484 e. The SMILES string of the molecule is Cc1cc(OCC(=O)N(Cc2ccccc2Cl)C(Cc2ccccc2)C(=O)NC2CCCC2)cc(C)c1Cl. The molecule has 7 heteroatoms. The van der Waals surface area contributed by atoms with Crippen molar-refractivity contribution in [1.29, 1.82) is 0 Å². The highest BCUT2D eigenvalue weighted by molar-refractivity contribution is 6.32. The number of benzene rings is 3. The third-order valence-electron chi connectivity index (χ3n) is 7.04. The summed E-state index contributed by atoms with van der Waals surface area (Å²) in [6.07, 6.45) is 4.50. The third kappa shape index (κ3) is 7.30. The van der Waals surface area contributed by atoms with Crippen LogP contribution in [0.4, 0.5) is 0 Å². The van der Waals surface area contributed by atoms with Crippen molar-refractivity contribution in [2.24, 2.45) is 0 Å². The van der Waals surface area contributed by atoms with Crippen LogP contribution in [0.2, 0.25) is 10.0 Å². The quantitative estimate of drug-likeness (QED) is 0.305. The van der Waals surface area contributed by atoms with Gasteiger partial charge in [-0.3, -0.25) is 9.59 Å². The molecule has 0 radical (unpaired) electrons. The first-order valence-electron chi connectivity index (χ1n) is 13.1. The van der Waals surface area contributed by atoms with E-state index in [2.05, 4.69) is 5.32 Å². The number of rotatable bonds is 10. The first-order chi connectivity index (χ1) is 18.3. The average Bonchev–Trinajstić information content (AvgIpc) is 3.42. The number of amides is 2. The second-order valence-corrected chi connectivity index (χ2v) is 10.8. The molecule has 1 saturated carbocycles. The lowest BCUT2D eigenvalue weighted by atomic mass is 10.0. The molecule has 0 aromatic heterocycles. The molecular formula is C31H34Cl2N2O3. The predicted molar refractivity (Wildman–Crippen MR) is 153 cm³/mol. The average molecular weight is 554 g/mol. The Morgan fingerprint density at radius 1 is 0.974 bits per heavy atom. The topological polar surface area (TPSA) is 58.6 Å². The van der Waals surface area contributed by atoms with Gasteiger partial charge in [0.2, 0.25) is 5.91 Å². The number of carbonyl (C=O) groups is 2. The van der Waals surface area contributed by atoms with Crippen LogP contribution in [-0.2, 0) is 22.6 Å². The van der Waals surface area contributed by atoms with E-state index in [1.54, 1.807) is 11.0 Å². The standard InChI is InChI=1S/C31H34Cl2N2O3/c1-21-16-26(17-22(2)30(21)33)38-20-29(36)35(19-24-12-6-9-15-27(24)32)28(18-23-10-4-3-5-11-23)31(37)34-25-13-7-8-14-25/h3-6,9-12,15-17,25,28H,7-8,13-14,18-20H2,1-2H3,(H,34,37). The molecule has 3 aromatic carbocycles. The van der Waals surface area contributed by atoms with Gasteiger partial charge in [0.25, 0.3) is 5.91 Å². The van der Waals surface area contributed by atoms with Gasteiger partial charge in [-0.15, -0.1) is 0 Å². The Hall–Kier alpha value is -3.02. The summed E-state index contributed by atoms with van der Waals surface area (Å²) in [6.45, 7) is 3.77. The van der Waals surface area contributed by atoms with Crippen LogP contribution in [0.5, 0.6) is 5.75 Å². The highest BCUT2D eigenvalue weighted by Gasteiger charge is 2.32. The second kappa shape index (κ2) is 13.2. The van der Waals surface area contributed by atoms with Gasteiger partial charge >= 0.3 is 0 Å². The van der Waals surface area contributed by atoms with E-state index in [9.17, 15) is 9.59 Å². The summed E-state index contributed by atoms with van der Waals surface area (Å²) in [5.74, 6) is 0.113. The summed E-state index contributed by atoms with van der Waals surface area (Å²) in [6, 6.07) is 20.2. The molecule has 0 aliphatic heterocycles. The van der Waals surface area contributed by atoms with Crippen LogP contribution in [0.1, 0.15) is 47.9 Å². The molecule has 1 aliphatic carbocycles. The fourth-order valence-electron chi connectivity index (χ4n) is 4.95. The molecular weight excluding hydrogens is 519 g/mol. The van der Waals surface area contributed by atoms with E-state index in [0.717, 1.165) is 47.9 Å². The number of hydrogen-bond donors (Lipinski definition) is 1. The van der Waals surface area contributed by atoms with Crippen molar-refractivity contribution in [3.63, 3.8) is 0 Å². The van der Waals surface area contributed by atoms with Gasteiger partial charge in [-0.25, -0.2) is 0 Å². The van der Waals surface area contributed by atoms with Crippen molar-refractivity contribution < 1.29 is 14.3 Å². The molecule has 0 saturated heterocycles. The van der Waals surface area contributed by atoms with E-state index in [0.29, 0.717) is 22.2 Å². The fraction of sp³-hybridized carbons (Fsp3) is 0.355. The highest BCUT2D eigenvalue weighted by Crippen LogP contribution is 2.27. The van der Waals surface area contributed by atoms with Gasteiger partial charge in [-0.1, -0.05) is 84.6 Å². The van der Waals surface area contributed by atoms with Crippen molar-refractivity contribution in [3.8, 4) is 5.75 Å². The molecule has 1 atom stereocenters. The molecule has 3 aromatic rings. The van der Waals surface area contributed by atoms with Crippen molar-refractivity contribution in [3.05, 3.63) is 99.0 Å². The zero-order valence-electron chi connectivity index (χ0n) is 21.9. The Morgan fingerprint density at radius 2 is 1.61 bits per heavy atom. The first kappa shape index (κ1) is 28.0. The summed E-state index contributed by atoms with van der Waals surface area (Å²) < 4.78 is 5.93. The van der Waals surface area contributed by atoms with Crippen LogP contribution in [0.25, 0.3) is 0 Å². The maximum absolute atomic E-state index is 13.8. The van der Waals surface area contributed by atoms with E-state index in [1.165, 1.54) is 0 Å². The van der Waals surface area contributed by atoms with E-state index in [1.807, 2.05) is 74.5 Å². The smallest absolute Gasteiger partial charge is 0.261 e. The van der Waals surface area contributed by atoms with Crippen LogP contribution in [0.15, 0.2) is 66.7 Å². The van der Waals surface area contributed by atoms with Gasteiger partial charge in [0.05, 0.1) is 0 Å². The third-order valence-corrected chi connectivity index (χ3v) is 8.01. The van der Waals surface area contributed by atoms with Crippen LogP contribution >= 0.6 is 23.2 Å². The molecule has 4 rings (SSSR count). The molecule has 1 fully saturated rings. The van der Waals surface area contributed by atoms with E-state index in [4.69, 9.17) is 27.9 Å². The number of halogens is 2. The second-order valence-electron chi connectivity index (χ2n) is 9.97. The summed E-state index contributed by atoms with van der Waals surface area (Å²) >= 11 is 12.8. The Morgan fingerprint density at radius 3 is 2.26 bits per heavy atom. The molecule has 1 N–H and O–H groups in total. The van der Waals surface area contributed by atoms with Crippen molar-refractivity contribution in [1.82, 2.24) is 10.2 Å². The lowest BCUT2D eigenvalue weighted by Crippen LogP contribution is -2.53. The Bertz CT molecular complexity index is 1240. The van der Waals surface area contributed by atoms with Gasteiger partial charge in [0.15, 0.2) is 6.61 Å². The van der Waals surface area contributed by atoms with E-state index >= 15 is 0 Å². The summed E-state index contributed by atoms with van der Waals surface area (Å²) in [4.78, 5) is 29.1. The molecule has 0 spiro atoms. The molecule has 1 aliphatic rings. The predicted octanol–water partition coefficient (Wildman–Crippen LogP) is 6.69. The molecule has 38 heavy (non-hydrogen) atoms. The maximum atomic E-state index is 13.8. The van der Waals surface area contributed by atoms with Gasteiger partial charge in [-0.2, -0.15) is 0 Å². The fourth-order valence-corrected chi connectivity index (χ4v) is 5.25. The summed E-state index contributed by atoms with van der Waals surface area (Å²) in [7, 11) is 0. The summed E-state index contributed by atoms with van der Waals surface area (Å²) in [5, 5.41) is 4.43. The van der Waals surface area contributed by atoms with Crippen LogP contribution in [-0.4, -0.2) is 35.4 Å². The molecule has 2 amide bonds. The first-order valence-corrected chi connectivity index (χ1v) is 13.8. The zero-order chi connectivity index (χ0) is 27.1. The number of carbonyl (C=O) groups excluding carboxylic acids is 2. The van der Waals surface area contributed by atoms with Crippen LogP contribution in [0, 0.1) is 13.8 Å². The minimum Gasteiger partial charge on any atom is -0.484 e. The number of hydrogen-bond acceptors (Lipinski definition) is 3. The molecule has 0 heterocycles. The molecule has 1 unspecified atom stereocenters. The van der Waals surface area contributed by atoms with E-state index < -0.39 is 6.04 Å². The van der Waals surface area contributed by atoms with Crippen molar-refractivity contribution >= 4 is 35.0 Å². The molecule has 0 bridgehead atoms. The van der Waals surface area contributed by atoms with E-state index in [-0.39, 0.29) is 31.0 Å². The Balaban J connectivity index is 1.63. The number of nitrogens with zero attached hydrogens (tertiary/aromatic N) is 1. The lowest BCUT2D eigenvalue weighted by Gasteiger charge is -2.32. The lowest BCUT2D eigenvalue weighted by molar-refractivity contribution is -0.143. The zero-order valence-corrected chi connectivity index (χ0v) is 23.4. The highest BCUT2D eigenvalue weighted by atomic mass is 35.5. The Kier molecular flexibility index (Phi) is 9.70. The number of nitrogens with one attached hydrogen (secondary N) is 1. The number of aryl methyl sites for hydroxylation is 2. The van der Waals surface area contributed by atoms with Crippen LogP contribution < -0.4 is 10.1 Å².